The molecule has 2 rings (SSSR count). The summed E-state index contributed by atoms with van der Waals surface area (Å²) in [5, 5.41) is 18.7. The van der Waals surface area contributed by atoms with Crippen molar-refractivity contribution in [2.24, 2.45) is 0 Å². The summed E-state index contributed by atoms with van der Waals surface area (Å²) < 4.78 is 76.6. The van der Waals surface area contributed by atoms with Crippen LogP contribution in [0.15, 0.2) is 36.4 Å². The smallest absolute Gasteiger partial charge is 0.416 e. The van der Waals surface area contributed by atoms with Crippen LogP contribution in [-0.4, -0.2) is 58.9 Å². The van der Waals surface area contributed by atoms with Gasteiger partial charge < -0.3 is 15.5 Å². The fraction of sp³-hybridized carbons (Fsp3) is 0.474. The van der Waals surface area contributed by atoms with Gasteiger partial charge >= 0.3 is 24.3 Å². The van der Waals surface area contributed by atoms with Gasteiger partial charge in [-0.15, -0.1) is 0 Å². The van der Waals surface area contributed by atoms with Crippen LogP contribution >= 0.6 is 0 Å². The number of carboxylic acid groups (broad SMARTS) is 2. The first-order chi connectivity index (χ1) is 14.3. The van der Waals surface area contributed by atoms with Gasteiger partial charge in [0.25, 0.3) is 0 Å². The molecule has 0 aromatic heterocycles. The largest absolute Gasteiger partial charge is 0.478 e. The van der Waals surface area contributed by atoms with Crippen molar-refractivity contribution in [1.82, 2.24) is 10.2 Å². The van der Waals surface area contributed by atoms with E-state index in [4.69, 9.17) is 10.2 Å². The van der Waals surface area contributed by atoms with E-state index in [9.17, 15) is 35.9 Å². The lowest BCUT2D eigenvalue weighted by Crippen LogP contribution is -2.39. The zero-order valence-electron chi connectivity index (χ0n) is 16.2. The summed E-state index contributed by atoms with van der Waals surface area (Å²) in [5.41, 5.74) is -0.781. The molecule has 1 aromatic rings. The minimum absolute atomic E-state index is 0.00840. The molecule has 1 aromatic carbocycles. The van der Waals surface area contributed by atoms with Gasteiger partial charge in [-0.1, -0.05) is 18.2 Å². The number of aliphatic carboxylic acids is 2. The van der Waals surface area contributed by atoms with Crippen molar-refractivity contribution in [3.8, 4) is 0 Å². The maximum Gasteiger partial charge on any atom is 0.416 e. The highest BCUT2D eigenvalue weighted by molar-refractivity contribution is 5.89. The molecule has 0 radical (unpaired) electrons. The number of hydrogen-bond donors (Lipinski definition) is 3. The van der Waals surface area contributed by atoms with Crippen LogP contribution in [0.2, 0.25) is 0 Å². The lowest BCUT2D eigenvalue weighted by atomic mass is 10.0. The van der Waals surface area contributed by atoms with E-state index in [0.717, 1.165) is 6.07 Å². The number of nitrogens with one attached hydrogen (secondary N) is 1. The van der Waals surface area contributed by atoms with Gasteiger partial charge in [0.2, 0.25) is 0 Å². The minimum Gasteiger partial charge on any atom is -0.478 e. The van der Waals surface area contributed by atoms with Gasteiger partial charge in [-0.3, -0.25) is 4.90 Å². The van der Waals surface area contributed by atoms with Gasteiger partial charge in [-0.05, 0) is 24.6 Å². The molecular formula is C19H22F6N2O4. The zero-order chi connectivity index (χ0) is 23.7. The Labute approximate surface area is 174 Å². The fourth-order valence-corrected chi connectivity index (χ4v) is 2.91. The maximum atomic E-state index is 13.0. The normalized spacial score (nSPS) is 16.9. The van der Waals surface area contributed by atoms with E-state index < -0.39 is 36.3 Å². The molecule has 31 heavy (non-hydrogen) atoms. The van der Waals surface area contributed by atoms with Gasteiger partial charge in [-0.2, -0.15) is 26.3 Å². The maximum absolute atomic E-state index is 13.0. The Kier molecular flexibility index (Phi) is 9.98. The van der Waals surface area contributed by atoms with Crippen molar-refractivity contribution in [2.45, 2.75) is 37.8 Å². The monoisotopic (exact) mass is 456 g/mol. The Balaban J connectivity index is 0.000000512. The molecule has 6 nitrogen and oxygen atoms in total. The van der Waals surface area contributed by atoms with Crippen LogP contribution in [0.5, 0.6) is 0 Å². The third-order valence-corrected chi connectivity index (χ3v) is 4.30. The molecule has 1 atom stereocenters. The van der Waals surface area contributed by atoms with Gasteiger partial charge in [0, 0.05) is 37.8 Å². The number of rotatable bonds is 7. The van der Waals surface area contributed by atoms with Crippen molar-refractivity contribution < 1.29 is 46.1 Å². The molecule has 1 saturated heterocycles. The number of nitrogens with zero attached hydrogens (tertiary/aromatic N) is 1. The number of carboxylic acids is 2. The van der Waals surface area contributed by atoms with E-state index in [0.29, 0.717) is 31.7 Å². The Hall–Kier alpha value is -2.60. The molecule has 3 N–H and O–H groups in total. The van der Waals surface area contributed by atoms with Crippen LogP contribution in [0.4, 0.5) is 26.3 Å². The minimum atomic E-state index is -4.51. The highest BCUT2D eigenvalue weighted by Gasteiger charge is 2.35. The Bertz CT molecular complexity index is 743. The molecule has 0 saturated carbocycles. The number of carbonyl (C=O) groups is 2. The third kappa shape index (κ3) is 10.8. The van der Waals surface area contributed by atoms with Crippen LogP contribution < -0.4 is 5.32 Å². The summed E-state index contributed by atoms with van der Waals surface area (Å²) in [5.74, 6) is -2.51. The van der Waals surface area contributed by atoms with Crippen LogP contribution in [-0.2, 0) is 22.3 Å². The van der Waals surface area contributed by atoms with Crippen molar-refractivity contribution >= 4 is 11.9 Å². The first-order valence-electron chi connectivity index (χ1n) is 9.10. The topological polar surface area (TPSA) is 89.9 Å². The lowest BCUT2D eigenvalue weighted by molar-refractivity contribution is -0.142. The number of hydrogen-bond acceptors (Lipinski definition) is 4. The van der Waals surface area contributed by atoms with Gasteiger partial charge in [0.15, 0.2) is 0 Å². The molecule has 1 aliphatic heterocycles. The van der Waals surface area contributed by atoms with Crippen molar-refractivity contribution in [3.63, 3.8) is 0 Å². The van der Waals surface area contributed by atoms with Crippen LogP contribution in [0.25, 0.3) is 0 Å². The Morgan fingerprint density at radius 1 is 1.06 bits per heavy atom. The molecule has 1 fully saturated rings. The third-order valence-electron chi connectivity index (χ3n) is 4.30. The molecule has 0 aliphatic carbocycles. The zero-order valence-corrected chi connectivity index (χ0v) is 16.2. The van der Waals surface area contributed by atoms with Gasteiger partial charge in [-0.25, -0.2) is 9.59 Å². The highest BCUT2D eigenvalue weighted by Crippen LogP contribution is 2.33. The summed E-state index contributed by atoms with van der Waals surface area (Å²) in [6.45, 7) is 0.709. The second-order valence-corrected chi connectivity index (χ2v) is 6.65. The predicted molar refractivity (Wildman–Crippen MR) is 98.2 cm³/mol. The molecule has 0 bridgehead atoms. The molecule has 12 heteroatoms. The van der Waals surface area contributed by atoms with E-state index in [2.05, 4.69) is 5.32 Å². The fourth-order valence-electron chi connectivity index (χ4n) is 2.91. The lowest BCUT2D eigenvalue weighted by Gasteiger charge is -2.29. The first-order valence-corrected chi connectivity index (χ1v) is 9.10. The molecule has 1 aliphatic rings. The van der Waals surface area contributed by atoms with E-state index in [-0.39, 0.29) is 24.7 Å². The van der Waals surface area contributed by atoms with E-state index in [1.54, 1.807) is 0 Å². The second kappa shape index (κ2) is 11.7. The van der Waals surface area contributed by atoms with Crippen LogP contribution in [0, 0.1) is 0 Å². The van der Waals surface area contributed by atoms with Crippen molar-refractivity contribution in [1.29, 1.82) is 0 Å². The van der Waals surface area contributed by atoms with Crippen molar-refractivity contribution in [3.05, 3.63) is 47.5 Å². The molecule has 0 amide bonds. The van der Waals surface area contributed by atoms with Crippen LogP contribution in [0.3, 0.4) is 0 Å². The average Bonchev–Trinajstić information content (AvgIpc) is 3.17. The number of benzene rings is 1. The molecule has 1 heterocycles. The quantitative estimate of drug-likeness (QED) is 0.430. The molecule has 174 valence electrons. The molecule has 0 unspecified atom stereocenters. The number of alkyl halides is 6. The predicted octanol–water partition coefficient (Wildman–Crippen LogP) is 3.53. The average molecular weight is 456 g/mol. The van der Waals surface area contributed by atoms with Gasteiger partial charge in [0.1, 0.15) is 0 Å². The second-order valence-electron chi connectivity index (χ2n) is 6.65. The summed E-state index contributed by atoms with van der Waals surface area (Å²) in [4.78, 5) is 20.6. The van der Waals surface area contributed by atoms with E-state index in [1.807, 2.05) is 0 Å². The van der Waals surface area contributed by atoms with Crippen LogP contribution in [0.1, 0.15) is 24.0 Å². The van der Waals surface area contributed by atoms with E-state index >= 15 is 0 Å². The standard InChI is InChI=1S/C15H18F6N2.C4H4O4/c16-14(17,18)6-8-23(12-5-7-22-9-12)10-11-3-1-2-4-13(11)15(19,20)21;5-3(6)1-2-4(7)8/h1-4,12,22H,5-10H2;1-2H,(H,5,6)(H,7,8)/t12-;/m0./s1. The van der Waals surface area contributed by atoms with E-state index in [1.165, 1.54) is 23.1 Å². The Morgan fingerprint density at radius 3 is 2.10 bits per heavy atom. The molecular weight excluding hydrogens is 434 g/mol. The number of halogens is 6. The first kappa shape index (κ1) is 26.4. The summed E-state index contributed by atoms with van der Waals surface area (Å²) >= 11 is 0. The summed E-state index contributed by atoms with van der Waals surface area (Å²) in [6, 6.07) is 4.86. The van der Waals surface area contributed by atoms with Gasteiger partial charge in [0.05, 0.1) is 12.0 Å². The summed E-state index contributed by atoms with van der Waals surface area (Å²) in [6.07, 6.45) is -8.12. The molecule has 0 spiro atoms. The van der Waals surface area contributed by atoms with Crippen molar-refractivity contribution in [2.75, 3.05) is 19.6 Å². The SMILES string of the molecule is FC(F)(F)CCN(Cc1ccccc1C(F)(F)F)[C@H]1CCNC1.O=C(O)C=CC(=O)O. The Morgan fingerprint density at radius 2 is 1.65 bits per heavy atom. The summed E-state index contributed by atoms with van der Waals surface area (Å²) in [7, 11) is 0. The highest BCUT2D eigenvalue weighted by atomic mass is 19.4.